The number of carbonyl (C=O) groups is 1. The lowest BCUT2D eigenvalue weighted by Gasteiger charge is -2.07. The van der Waals surface area contributed by atoms with Crippen molar-refractivity contribution in [1.82, 2.24) is 0 Å². The zero-order valence-electron chi connectivity index (χ0n) is 7.43. The number of hydrogen-bond acceptors (Lipinski definition) is 3. The highest BCUT2D eigenvalue weighted by Gasteiger charge is 2.11. The Balaban J connectivity index is 3.28. The summed E-state index contributed by atoms with van der Waals surface area (Å²) < 4.78 is 5.56. The van der Waals surface area contributed by atoms with Crippen molar-refractivity contribution >= 4 is 34.2 Å². The number of ether oxygens (including phenoxy) is 1. The average Bonchev–Trinajstić information content (AvgIpc) is 2.10. The summed E-state index contributed by atoms with van der Waals surface area (Å²) >= 11 is 2.11. The molecular formula is C9H10INO2. The molecule has 0 saturated heterocycles. The van der Waals surface area contributed by atoms with Crippen LogP contribution in [0.25, 0.3) is 0 Å². The van der Waals surface area contributed by atoms with Crippen LogP contribution in [0.15, 0.2) is 12.1 Å². The molecule has 0 atom stereocenters. The molecule has 0 heterocycles. The van der Waals surface area contributed by atoms with Crippen LogP contribution in [-0.4, -0.2) is 13.1 Å². The van der Waals surface area contributed by atoms with Crippen LogP contribution in [0.1, 0.15) is 15.9 Å². The Hall–Kier alpha value is -0.780. The van der Waals surface area contributed by atoms with Crippen molar-refractivity contribution in [3.05, 3.63) is 26.8 Å². The molecule has 4 heteroatoms. The van der Waals surface area contributed by atoms with Gasteiger partial charge < -0.3 is 10.5 Å². The van der Waals surface area contributed by atoms with E-state index >= 15 is 0 Å². The van der Waals surface area contributed by atoms with Gasteiger partial charge in [0.2, 0.25) is 0 Å². The zero-order chi connectivity index (χ0) is 10.0. The topological polar surface area (TPSA) is 52.3 Å². The molecule has 0 amide bonds. The van der Waals surface area contributed by atoms with Crippen molar-refractivity contribution in [3.8, 4) is 0 Å². The molecule has 0 aliphatic carbocycles. The third kappa shape index (κ3) is 2.12. The monoisotopic (exact) mass is 291 g/mol. The van der Waals surface area contributed by atoms with Gasteiger partial charge in [0, 0.05) is 9.26 Å². The molecule has 1 rings (SSSR count). The molecule has 70 valence electrons. The van der Waals surface area contributed by atoms with Gasteiger partial charge in [-0.05, 0) is 47.2 Å². The Morgan fingerprint density at radius 1 is 1.54 bits per heavy atom. The maximum absolute atomic E-state index is 11.3. The molecule has 1 aromatic carbocycles. The molecule has 0 bridgehead atoms. The van der Waals surface area contributed by atoms with E-state index in [2.05, 4.69) is 27.3 Å². The Bertz CT molecular complexity index is 350. The second-order valence-electron chi connectivity index (χ2n) is 2.66. The maximum atomic E-state index is 11.3. The van der Waals surface area contributed by atoms with E-state index in [1.54, 1.807) is 13.0 Å². The van der Waals surface area contributed by atoms with Gasteiger partial charge in [-0.2, -0.15) is 0 Å². The summed E-state index contributed by atoms with van der Waals surface area (Å²) in [7, 11) is 1.36. The smallest absolute Gasteiger partial charge is 0.338 e. The molecule has 3 nitrogen and oxygen atoms in total. The summed E-state index contributed by atoms with van der Waals surface area (Å²) in [5, 5.41) is 0. The molecule has 2 N–H and O–H groups in total. The second kappa shape index (κ2) is 3.95. The zero-order valence-corrected chi connectivity index (χ0v) is 9.58. The van der Waals surface area contributed by atoms with E-state index in [0.717, 1.165) is 9.13 Å². The van der Waals surface area contributed by atoms with Crippen molar-refractivity contribution in [1.29, 1.82) is 0 Å². The normalized spacial score (nSPS) is 9.77. The minimum Gasteiger partial charge on any atom is -0.465 e. The lowest BCUT2D eigenvalue weighted by molar-refractivity contribution is 0.0600. The summed E-state index contributed by atoms with van der Waals surface area (Å²) in [4.78, 5) is 11.3. The number of hydrogen-bond donors (Lipinski definition) is 1. The number of halogens is 1. The summed E-state index contributed by atoms with van der Waals surface area (Å²) in [6, 6.07) is 3.58. The first-order chi connectivity index (χ1) is 6.06. The third-order valence-electron chi connectivity index (χ3n) is 1.82. The van der Waals surface area contributed by atoms with Gasteiger partial charge in [0.15, 0.2) is 0 Å². The van der Waals surface area contributed by atoms with E-state index in [0.29, 0.717) is 11.3 Å². The van der Waals surface area contributed by atoms with Crippen LogP contribution in [0.3, 0.4) is 0 Å². The van der Waals surface area contributed by atoms with Crippen molar-refractivity contribution in [3.63, 3.8) is 0 Å². The van der Waals surface area contributed by atoms with E-state index in [1.165, 1.54) is 7.11 Å². The van der Waals surface area contributed by atoms with Crippen LogP contribution in [0, 0.1) is 10.5 Å². The number of methoxy groups -OCH3 is 1. The van der Waals surface area contributed by atoms with Crippen LogP contribution in [-0.2, 0) is 4.74 Å². The van der Waals surface area contributed by atoms with Crippen LogP contribution in [0.5, 0.6) is 0 Å². The van der Waals surface area contributed by atoms with E-state index in [9.17, 15) is 4.79 Å². The van der Waals surface area contributed by atoms with Gasteiger partial charge in [-0.25, -0.2) is 4.79 Å². The minimum atomic E-state index is -0.345. The number of anilines is 1. The summed E-state index contributed by atoms with van der Waals surface area (Å²) in [6.45, 7) is 1.80. The van der Waals surface area contributed by atoms with Gasteiger partial charge in [-0.3, -0.25) is 0 Å². The molecule has 0 radical (unpaired) electrons. The highest BCUT2D eigenvalue weighted by atomic mass is 127. The Kier molecular flexibility index (Phi) is 3.13. The fourth-order valence-corrected chi connectivity index (χ4v) is 1.67. The second-order valence-corrected chi connectivity index (χ2v) is 3.90. The number of benzene rings is 1. The van der Waals surface area contributed by atoms with Gasteiger partial charge in [-0.1, -0.05) is 0 Å². The largest absolute Gasteiger partial charge is 0.465 e. The molecule has 0 aliphatic rings. The standard InChI is InChI=1S/C9H10INO2/c1-5-7(9(12)13-2)3-6(10)4-8(5)11/h3-4H,11H2,1-2H3. The molecule has 0 aliphatic heterocycles. The van der Waals surface area contributed by atoms with Gasteiger partial charge >= 0.3 is 5.97 Å². The minimum absolute atomic E-state index is 0.345. The van der Waals surface area contributed by atoms with E-state index < -0.39 is 0 Å². The lowest BCUT2D eigenvalue weighted by atomic mass is 10.1. The third-order valence-corrected chi connectivity index (χ3v) is 2.44. The molecule has 1 aromatic rings. The number of rotatable bonds is 1. The van der Waals surface area contributed by atoms with Crippen molar-refractivity contribution in [2.75, 3.05) is 12.8 Å². The molecule has 13 heavy (non-hydrogen) atoms. The fraction of sp³-hybridized carbons (Fsp3) is 0.222. The first-order valence-corrected chi connectivity index (χ1v) is 4.78. The van der Waals surface area contributed by atoms with Crippen LogP contribution in [0.2, 0.25) is 0 Å². The summed E-state index contributed by atoms with van der Waals surface area (Å²) in [5.74, 6) is -0.345. The number of nitrogens with two attached hydrogens (primary N) is 1. The van der Waals surface area contributed by atoms with E-state index in [4.69, 9.17) is 5.73 Å². The van der Waals surface area contributed by atoms with Crippen LogP contribution >= 0.6 is 22.6 Å². The van der Waals surface area contributed by atoms with Gasteiger partial charge in [-0.15, -0.1) is 0 Å². The Labute approximate surface area is 90.4 Å². The number of carbonyl (C=O) groups excluding carboxylic acids is 1. The van der Waals surface area contributed by atoms with Crippen LogP contribution in [0.4, 0.5) is 5.69 Å². The predicted molar refractivity (Wildman–Crippen MR) is 59.6 cm³/mol. The van der Waals surface area contributed by atoms with E-state index in [-0.39, 0.29) is 5.97 Å². The lowest BCUT2D eigenvalue weighted by Crippen LogP contribution is -2.06. The van der Waals surface area contributed by atoms with Crippen molar-refractivity contribution in [2.45, 2.75) is 6.92 Å². The summed E-state index contributed by atoms with van der Waals surface area (Å²) in [6.07, 6.45) is 0. The number of esters is 1. The van der Waals surface area contributed by atoms with Crippen molar-refractivity contribution in [2.24, 2.45) is 0 Å². The summed E-state index contributed by atoms with van der Waals surface area (Å²) in [5.41, 5.74) is 7.62. The highest BCUT2D eigenvalue weighted by Crippen LogP contribution is 2.20. The average molecular weight is 291 g/mol. The van der Waals surface area contributed by atoms with Gasteiger partial charge in [0.05, 0.1) is 12.7 Å². The van der Waals surface area contributed by atoms with Crippen molar-refractivity contribution < 1.29 is 9.53 Å². The van der Waals surface area contributed by atoms with Gasteiger partial charge in [0.1, 0.15) is 0 Å². The SMILES string of the molecule is COC(=O)c1cc(I)cc(N)c1C. The van der Waals surface area contributed by atoms with Gasteiger partial charge in [0.25, 0.3) is 0 Å². The highest BCUT2D eigenvalue weighted by molar-refractivity contribution is 14.1. The predicted octanol–water partition coefficient (Wildman–Crippen LogP) is 1.97. The van der Waals surface area contributed by atoms with Crippen LogP contribution < -0.4 is 5.73 Å². The molecule has 0 saturated carbocycles. The first-order valence-electron chi connectivity index (χ1n) is 3.70. The number of nitrogen functional groups attached to an aromatic ring is 1. The molecule has 0 fully saturated rings. The Morgan fingerprint density at radius 2 is 2.15 bits per heavy atom. The molecule has 0 unspecified atom stereocenters. The molecule has 0 spiro atoms. The first kappa shape index (κ1) is 10.3. The Morgan fingerprint density at radius 3 is 2.69 bits per heavy atom. The molecular weight excluding hydrogens is 281 g/mol. The maximum Gasteiger partial charge on any atom is 0.338 e. The molecule has 0 aromatic heterocycles. The fourth-order valence-electron chi connectivity index (χ4n) is 1.02. The quantitative estimate of drug-likeness (QED) is 0.489. The van der Waals surface area contributed by atoms with E-state index in [1.807, 2.05) is 6.07 Å².